The van der Waals surface area contributed by atoms with Gasteiger partial charge < -0.3 is 13.9 Å². The van der Waals surface area contributed by atoms with Crippen LogP contribution in [0.1, 0.15) is 0 Å². The van der Waals surface area contributed by atoms with Crippen molar-refractivity contribution in [3.05, 3.63) is 243 Å². The number of furan rings is 1. The monoisotopic (exact) mass is 828 g/mol. The number of nitrogens with zero attached hydrogens (tertiary/aromatic N) is 2. The van der Waals surface area contributed by atoms with Crippen LogP contribution in [-0.2, 0) is 0 Å². The molecule has 0 fully saturated rings. The Balaban J connectivity index is 0.951. The summed E-state index contributed by atoms with van der Waals surface area (Å²) in [6.07, 6.45) is 0. The fourth-order valence-corrected chi connectivity index (χ4v) is 10.1. The number of hydrogen-bond acceptors (Lipinski definition) is 2. The smallest absolute Gasteiger partial charge is 0.159 e. The topological polar surface area (TPSA) is 21.3 Å². The Morgan fingerprint density at radius 2 is 0.831 bits per heavy atom. The van der Waals surface area contributed by atoms with Gasteiger partial charge in [0, 0.05) is 44.2 Å². The predicted molar refractivity (Wildman–Crippen MR) is 274 cm³/mol. The third-order valence-electron chi connectivity index (χ3n) is 13.2. The van der Waals surface area contributed by atoms with Gasteiger partial charge in [-0.1, -0.05) is 182 Å². The molecule has 0 amide bonds. The van der Waals surface area contributed by atoms with E-state index in [2.05, 4.69) is 252 Å². The van der Waals surface area contributed by atoms with Crippen LogP contribution in [0, 0.1) is 0 Å². The summed E-state index contributed by atoms with van der Waals surface area (Å²) >= 11 is 0. The lowest BCUT2D eigenvalue weighted by atomic mass is 9.96. The van der Waals surface area contributed by atoms with Crippen LogP contribution < -0.4 is 4.90 Å². The minimum atomic E-state index is 0.846. The first-order chi connectivity index (χ1) is 32.2. The molecule has 0 spiro atoms. The lowest BCUT2D eigenvalue weighted by molar-refractivity contribution is 0.670. The van der Waals surface area contributed by atoms with Crippen LogP contribution in [0.25, 0.3) is 104 Å². The molecule has 0 aliphatic carbocycles. The van der Waals surface area contributed by atoms with Crippen molar-refractivity contribution in [3.8, 4) is 39.1 Å². The van der Waals surface area contributed by atoms with Gasteiger partial charge in [-0.2, -0.15) is 0 Å². The van der Waals surface area contributed by atoms with Crippen LogP contribution in [0.5, 0.6) is 0 Å². The number of aromatic nitrogens is 1. The molecular weight excluding hydrogens is 789 g/mol. The van der Waals surface area contributed by atoms with Crippen LogP contribution in [0.4, 0.5) is 17.1 Å². The van der Waals surface area contributed by atoms with E-state index in [0.29, 0.717) is 0 Å². The molecule has 3 heteroatoms. The van der Waals surface area contributed by atoms with Gasteiger partial charge in [-0.05, 0) is 110 Å². The second-order valence-corrected chi connectivity index (χ2v) is 16.8. The molecule has 13 aromatic rings. The molecule has 0 aliphatic rings. The average molecular weight is 829 g/mol. The van der Waals surface area contributed by atoms with Crippen LogP contribution in [0.2, 0.25) is 0 Å². The minimum Gasteiger partial charge on any atom is -0.453 e. The van der Waals surface area contributed by atoms with E-state index in [1.165, 1.54) is 54.5 Å². The van der Waals surface area contributed by atoms with Crippen molar-refractivity contribution in [2.24, 2.45) is 0 Å². The van der Waals surface area contributed by atoms with Gasteiger partial charge in [-0.3, -0.25) is 0 Å². The largest absolute Gasteiger partial charge is 0.453 e. The van der Waals surface area contributed by atoms with Crippen LogP contribution in [-0.4, -0.2) is 4.57 Å². The normalized spacial score (nSPS) is 11.7. The lowest BCUT2D eigenvalue weighted by Gasteiger charge is -2.26. The second-order valence-electron chi connectivity index (χ2n) is 16.8. The number of hydrogen-bond donors (Lipinski definition) is 0. The zero-order valence-electron chi connectivity index (χ0n) is 35.4. The van der Waals surface area contributed by atoms with E-state index in [9.17, 15) is 0 Å². The summed E-state index contributed by atoms with van der Waals surface area (Å²) in [6, 6.07) is 87.4. The lowest BCUT2D eigenvalue weighted by Crippen LogP contribution is -2.10. The molecule has 0 saturated heterocycles. The number of para-hydroxylation sites is 3. The fraction of sp³-hybridized carbons (Fsp3) is 0. The molecule has 65 heavy (non-hydrogen) atoms. The van der Waals surface area contributed by atoms with Gasteiger partial charge in [-0.25, -0.2) is 0 Å². The molecule has 0 saturated carbocycles. The summed E-state index contributed by atoms with van der Waals surface area (Å²) in [5.41, 5.74) is 15.3. The Bertz CT molecular complexity index is 3860. The van der Waals surface area contributed by atoms with Gasteiger partial charge >= 0.3 is 0 Å². The highest BCUT2D eigenvalue weighted by molar-refractivity contribution is 6.24. The van der Waals surface area contributed by atoms with E-state index in [4.69, 9.17) is 4.42 Å². The Kier molecular flexibility index (Phi) is 8.53. The second kappa shape index (κ2) is 15.0. The molecular formula is C62H40N2O. The molecule has 0 atom stereocenters. The van der Waals surface area contributed by atoms with E-state index in [1.807, 2.05) is 0 Å². The summed E-state index contributed by atoms with van der Waals surface area (Å²) in [5.74, 6) is 0. The van der Waals surface area contributed by atoms with Gasteiger partial charge in [0.15, 0.2) is 5.58 Å². The van der Waals surface area contributed by atoms with Crippen molar-refractivity contribution in [2.75, 3.05) is 4.90 Å². The van der Waals surface area contributed by atoms with Gasteiger partial charge in [0.2, 0.25) is 0 Å². The third kappa shape index (κ3) is 6.05. The maximum absolute atomic E-state index is 7.19. The zero-order valence-corrected chi connectivity index (χ0v) is 35.4. The molecule has 0 radical (unpaired) electrons. The van der Waals surface area contributed by atoms with Crippen LogP contribution >= 0.6 is 0 Å². The first-order valence-corrected chi connectivity index (χ1v) is 22.2. The molecule has 2 heterocycles. The highest BCUT2D eigenvalue weighted by Crippen LogP contribution is 2.47. The van der Waals surface area contributed by atoms with Gasteiger partial charge in [0.05, 0.1) is 16.7 Å². The maximum Gasteiger partial charge on any atom is 0.159 e. The number of fused-ring (bicyclic) bond motifs is 9. The summed E-state index contributed by atoms with van der Waals surface area (Å²) in [6.45, 7) is 0. The Morgan fingerprint density at radius 1 is 0.323 bits per heavy atom. The highest BCUT2D eigenvalue weighted by Gasteiger charge is 2.23. The van der Waals surface area contributed by atoms with Gasteiger partial charge in [0.25, 0.3) is 0 Å². The molecule has 2 aromatic heterocycles. The Labute approximate surface area is 376 Å². The summed E-state index contributed by atoms with van der Waals surface area (Å²) in [7, 11) is 0. The summed E-state index contributed by atoms with van der Waals surface area (Å²) in [5, 5.41) is 9.58. The van der Waals surface area contributed by atoms with Gasteiger partial charge in [-0.15, -0.1) is 0 Å². The molecule has 0 N–H and O–H groups in total. The molecule has 304 valence electrons. The maximum atomic E-state index is 7.19. The van der Waals surface area contributed by atoms with E-state index >= 15 is 0 Å². The first-order valence-electron chi connectivity index (χ1n) is 22.2. The highest BCUT2D eigenvalue weighted by atomic mass is 16.3. The predicted octanol–water partition coefficient (Wildman–Crippen LogP) is 17.5. The van der Waals surface area contributed by atoms with E-state index in [-0.39, 0.29) is 0 Å². The fourth-order valence-electron chi connectivity index (χ4n) is 10.1. The Morgan fingerprint density at radius 3 is 1.52 bits per heavy atom. The minimum absolute atomic E-state index is 0.846. The van der Waals surface area contributed by atoms with Crippen molar-refractivity contribution in [1.82, 2.24) is 4.57 Å². The summed E-state index contributed by atoms with van der Waals surface area (Å²) in [4.78, 5) is 2.34. The quantitative estimate of drug-likeness (QED) is 0.160. The molecule has 0 unspecified atom stereocenters. The number of rotatable bonds is 7. The molecule has 13 rings (SSSR count). The van der Waals surface area contributed by atoms with E-state index in [0.717, 1.165) is 66.9 Å². The standard InChI is InChI=1S/C62H40N2O/c1-2-14-44(15-3-1)56-40-46-17-5-7-20-52(46)60-55-24-13-27-59(61(55)65-62(56)60)63(48-38-32-45(33-39-48)51-23-12-18-43-16-4-6-19-50(43)51)47-34-28-41(29-35-47)42-30-36-49(37-31-42)64-57-25-10-8-21-53(57)54-22-9-11-26-58(54)64/h1-40H. The third-order valence-corrected chi connectivity index (χ3v) is 13.2. The van der Waals surface area contributed by atoms with Crippen molar-refractivity contribution in [2.45, 2.75) is 0 Å². The van der Waals surface area contributed by atoms with Crippen molar-refractivity contribution >= 4 is 82.4 Å². The Hall–Kier alpha value is -8.66. The molecule has 3 nitrogen and oxygen atoms in total. The van der Waals surface area contributed by atoms with Gasteiger partial charge in [0.1, 0.15) is 5.58 Å². The molecule has 0 aliphatic heterocycles. The number of anilines is 3. The van der Waals surface area contributed by atoms with Crippen molar-refractivity contribution in [3.63, 3.8) is 0 Å². The average Bonchev–Trinajstić information content (AvgIpc) is 3.94. The zero-order chi connectivity index (χ0) is 42.8. The SMILES string of the molecule is c1ccc(-c2cc3ccccc3c3c2oc2c(N(c4ccc(-c5ccc(-n6c7ccccc7c7ccccc76)cc5)cc4)c4ccc(-c5cccc6ccccc56)cc4)cccc23)cc1. The molecule has 0 bridgehead atoms. The first kappa shape index (κ1) is 36.9. The van der Waals surface area contributed by atoms with Crippen molar-refractivity contribution in [1.29, 1.82) is 0 Å². The van der Waals surface area contributed by atoms with E-state index in [1.54, 1.807) is 0 Å². The number of benzene rings is 11. The summed E-state index contributed by atoms with van der Waals surface area (Å²) < 4.78 is 9.55. The van der Waals surface area contributed by atoms with E-state index < -0.39 is 0 Å². The van der Waals surface area contributed by atoms with Crippen molar-refractivity contribution < 1.29 is 4.42 Å². The van der Waals surface area contributed by atoms with Crippen LogP contribution in [0.3, 0.4) is 0 Å². The van der Waals surface area contributed by atoms with Crippen LogP contribution in [0.15, 0.2) is 247 Å². The molecule has 11 aromatic carbocycles.